The van der Waals surface area contributed by atoms with Crippen LogP contribution in [0.1, 0.15) is 45.2 Å². The highest BCUT2D eigenvalue weighted by atomic mass is 19.1. The maximum atomic E-state index is 14.4. The largest absolute Gasteiger partial charge is 0.327 e. The number of piperidine rings is 1. The van der Waals surface area contributed by atoms with Gasteiger partial charge in [-0.2, -0.15) is 0 Å². The molecule has 0 radical (unpaired) electrons. The van der Waals surface area contributed by atoms with Gasteiger partial charge in [0.1, 0.15) is 11.9 Å². The monoisotopic (exact) mass is 319 g/mol. The second-order valence-corrected chi connectivity index (χ2v) is 6.87. The van der Waals surface area contributed by atoms with Crippen LogP contribution in [0.2, 0.25) is 0 Å². The van der Waals surface area contributed by atoms with Gasteiger partial charge < -0.3 is 4.98 Å². The van der Waals surface area contributed by atoms with Crippen LogP contribution in [0.15, 0.2) is 16.9 Å². The molecule has 1 aliphatic rings. The molecule has 122 valence electrons. The summed E-state index contributed by atoms with van der Waals surface area (Å²) in [7, 11) is 0. The van der Waals surface area contributed by atoms with Gasteiger partial charge in [0.2, 0.25) is 11.8 Å². The molecule has 0 aliphatic carbocycles. The normalized spacial score (nSPS) is 19.2. The van der Waals surface area contributed by atoms with E-state index >= 15 is 0 Å². The number of aromatic nitrogens is 2. The second-order valence-electron chi connectivity index (χ2n) is 6.87. The Kier molecular flexibility index (Phi) is 3.39. The number of benzene rings is 1. The molecule has 6 nitrogen and oxygen atoms in total. The molecule has 1 atom stereocenters. The average Bonchev–Trinajstić information content (AvgIpc) is 2.72. The molecule has 0 bridgehead atoms. The van der Waals surface area contributed by atoms with Crippen molar-refractivity contribution in [2.45, 2.75) is 45.1 Å². The smallest absolute Gasteiger partial charge is 0.306 e. The Bertz CT molecular complexity index is 873. The predicted molar refractivity (Wildman–Crippen MR) is 82.6 cm³/mol. The van der Waals surface area contributed by atoms with Crippen LogP contribution in [-0.4, -0.2) is 21.4 Å². The van der Waals surface area contributed by atoms with Gasteiger partial charge in [-0.05, 0) is 23.5 Å². The summed E-state index contributed by atoms with van der Waals surface area (Å²) in [6.45, 7) is 5.64. The molecule has 1 aliphatic heterocycles. The molecule has 3 rings (SSSR count). The number of hydrogen-bond acceptors (Lipinski definition) is 3. The lowest BCUT2D eigenvalue weighted by Gasteiger charge is -2.23. The van der Waals surface area contributed by atoms with Crippen LogP contribution in [0.3, 0.4) is 0 Å². The number of amides is 2. The van der Waals surface area contributed by atoms with E-state index in [1.54, 1.807) is 6.07 Å². The predicted octanol–water partition coefficient (Wildman–Crippen LogP) is 1.74. The van der Waals surface area contributed by atoms with E-state index in [1.807, 2.05) is 20.8 Å². The van der Waals surface area contributed by atoms with Crippen molar-refractivity contribution in [2.24, 2.45) is 0 Å². The van der Waals surface area contributed by atoms with Crippen LogP contribution in [-0.2, 0) is 15.0 Å². The summed E-state index contributed by atoms with van der Waals surface area (Å²) in [6, 6.07) is 2.07. The number of halogens is 1. The molecule has 0 spiro atoms. The molecule has 2 aromatic rings. The SMILES string of the molecule is CC(C)(C)c1cc2[nH]c(=O)n(C3CCC(=O)NC3=O)c2cc1F. The molecule has 1 unspecified atom stereocenters. The maximum absolute atomic E-state index is 14.4. The molecule has 1 fully saturated rings. The van der Waals surface area contributed by atoms with Gasteiger partial charge in [0.15, 0.2) is 0 Å². The number of carbonyl (C=O) groups is 2. The second kappa shape index (κ2) is 5.04. The molecule has 1 aromatic heterocycles. The van der Waals surface area contributed by atoms with E-state index in [0.29, 0.717) is 16.6 Å². The molecule has 0 saturated carbocycles. The summed E-state index contributed by atoms with van der Waals surface area (Å²) >= 11 is 0. The molecule has 2 amide bonds. The molecule has 2 heterocycles. The Morgan fingerprint density at radius 3 is 2.52 bits per heavy atom. The third-order valence-corrected chi connectivity index (χ3v) is 4.14. The van der Waals surface area contributed by atoms with Crippen LogP contribution in [0.5, 0.6) is 0 Å². The summed E-state index contributed by atoms with van der Waals surface area (Å²) in [4.78, 5) is 38.2. The number of imidazole rings is 1. The fourth-order valence-electron chi connectivity index (χ4n) is 2.96. The van der Waals surface area contributed by atoms with E-state index in [0.717, 1.165) is 0 Å². The summed E-state index contributed by atoms with van der Waals surface area (Å²) in [6.07, 6.45) is 0.373. The van der Waals surface area contributed by atoms with Gasteiger partial charge in [0, 0.05) is 12.5 Å². The number of H-pyrrole nitrogens is 1. The van der Waals surface area contributed by atoms with Crippen molar-refractivity contribution in [1.82, 2.24) is 14.9 Å². The van der Waals surface area contributed by atoms with Crippen molar-refractivity contribution in [3.05, 3.63) is 34.0 Å². The first-order valence-electron chi connectivity index (χ1n) is 7.46. The van der Waals surface area contributed by atoms with Gasteiger partial charge in [-0.25, -0.2) is 9.18 Å². The number of rotatable bonds is 1. The van der Waals surface area contributed by atoms with E-state index in [2.05, 4.69) is 10.3 Å². The molecule has 1 aromatic carbocycles. The van der Waals surface area contributed by atoms with E-state index in [-0.39, 0.29) is 18.7 Å². The topological polar surface area (TPSA) is 84.0 Å². The lowest BCUT2D eigenvalue weighted by atomic mass is 9.86. The Hall–Kier alpha value is -2.44. The first kappa shape index (κ1) is 15.5. The van der Waals surface area contributed by atoms with Gasteiger partial charge in [-0.15, -0.1) is 0 Å². The highest BCUT2D eigenvalue weighted by Gasteiger charge is 2.31. The third-order valence-electron chi connectivity index (χ3n) is 4.14. The Morgan fingerprint density at radius 1 is 1.22 bits per heavy atom. The van der Waals surface area contributed by atoms with Crippen molar-refractivity contribution >= 4 is 22.8 Å². The Labute approximate surface area is 131 Å². The van der Waals surface area contributed by atoms with Gasteiger partial charge in [-0.1, -0.05) is 20.8 Å². The Morgan fingerprint density at radius 2 is 1.91 bits per heavy atom. The zero-order valence-corrected chi connectivity index (χ0v) is 13.2. The molecule has 2 N–H and O–H groups in total. The minimum absolute atomic E-state index is 0.151. The number of nitrogens with one attached hydrogen (secondary N) is 2. The summed E-state index contributed by atoms with van der Waals surface area (Å²) in [5.41, 5.74) is 0.397. The van der Waals surface area contributed by atoms with E-state index < -0.39 is 28.9 Å². The number of imide groups is 1. The van der Waals surface area contributed by atoms with Crippen LogP contribution in [0.25, 0.3) is 11.0 Å². The van der Waals surface area contributed by atoms with E-state index in [9.17, 15) is 18.8 Å². The van der Waals surface area contributed by atoms with Crippen LogP contribution >= 0.6 is 0 Å². The first-order chi connectivity index (χ1) is 10.7. The number of nitrogens with zero attached hydrogens (tertiary/aromatic N) is 1. The summed E-state index contributed by atoms with van der Waals surface area (Å²) < 4.78 is 15.7. The molecular weight excluding hydrogens is 301 g/mol. The van der Waals surface area contributed by atoms with Crippen LogP contribution in [0, 0.1) is 5.82 Å². The summed E-state index contributed by atoms with van der Waals surface area (Å²) in [5, 5.41) is 2.21. The van der Waals surface area contributed by atoms with Crippen LogP contribution in [0.4, 0.5) is 4.39 Å². The third kappa shape index (κ3) is 2.56. The lowest BCUT2D eigenvalue weighted by Crippen LogP contribution is -2.43. The zero-order chi connectivity index (χ0) is 16.9. The van der Waals surface area contributed by atoms with Crippen molar-refractivity contribution in [2.75, 3.05) is 0 Å². The number of carbonyl (C=O) groups excluding carboxylic acids is 2. The first-order valence-corrected chi connectivity index (χ1v) is 7.46. The van der Waals surface area contributed by atoms with Crippen molar-refractivity contribution in [3.8, 4) is 0 Å². The minimum atomic E-state index is -0.811. The van der Waals surface area contributed by atoms with Gasteiger partial charge in [-0.3, -0.25) is 19.5 Å². The van der Waals surface area contributed by atoms with Crippen molar-refractivity contribution < 1.29 is 14.0 Å². The summed E-state index contributed by atoms with van der Waals surface area (Å²) in [5.74, 6) is -1.32. The van der Waals surface area contributed by atoms with E-state index in [1.165, 1.54) is 10.6 Å². The van der Waals surface area contributed by atoms with Crippen molar-refractivity contribution in [3.63, 3.8) is 0 Å². The molecular formula is C16H18FN3O3. The van der Waals surface area contributed by atoms with Gasteiger partial charge in [0.25, 0.3) is 0 Å². The maximum Gasteiger partial charge on any atom is 0.327 e. The van der Waals surface area contributed by atoms with Crippen LogP contribution < -0.4 is 11.0 Å². The standard InChI is InChI=1S/C16H18FN3O3/c1-16(2,3)8-6-10-12(7-9(8)17)20(15(23)18-10)11-4-5-13(21)19-14(11)22/h6-7,11H,4-5H2,1-3H3,(H,18,23)(H,19,21,22). The highest BCUT2D eigenvalue weighted by molar-refractivity contribution is 6.00. The molecule has 23 heavy (non-hydrogen) atoms. The molecule has 1 saturated heterocycles. The fraction of sp³-hybridized carbons (Fsp3) is 0.438. The van der Waals surface area contributed by atoms with Crippen molar-refractivity contribution in [1.29, 1.82) is 0 Å². The van der Waals surface area contributed by atoms with Gasteiger partial charge in [0.05, 0.1) is 11.0 Å². The number of fused-ring (bicyclic) bond motifs is 1. The average molecular weight is 319 g/mol. The zero-order valence-electron chi connectivity index (χ0n) is 13.2. The quantitative estimate of drug-likeness (QED) is 0.785. The van der Waals surface area contributed by atoms with Gasteiger partial charge >= 0.3 is 5.69 Å². The lowest BCUT2D eigenvalue weighted by molar-refractivity contribution is -0.135. The molecule has 7 heteroatoms. The number of aromatic amines is 1. The minimum Gasteiger partial charge on any atom is -0.306 e. The Balaban J connectivity index is 2.18. The van der Waals surface area contributed by atoms with E-state index in [4.69, 9.17) is 0 Å². The number of hydrogen-bond donors (Lipinski definition) is 2. The fourth-order valence-corrected chi connectivity index (χ4v) is 2.96. The highest BCUT2D eigenvalue weighted by Crippen LogP contribution is 2.29.